The molecule has 0 fully saturated rings. The van der Waals surface area contributed by atoms with Gasteiger partial charge < -0.3 is 9.84 Å². The third kappa shape index (κ3) is 4.55. The fraction of sp³-hybridized carbons (Fsp3) is 0.583. The molecule has 2 N–H and O–H groups in total. The van der Waals surface area contributed by atoms with Crippen LogP contribution in [0.5, 0.6) is 0 Å². The average Bonchev–Trinajstić information content (AvgIpc) is 2.84. The van der Waals surface area contributed by atoms with Gasteiger partial charge in [0.05, 0.1) is 11.5 Å². The number of aromatic carboxylic acids is 1. The van der Waals surface area contributed by atoms with E-state index < -0.39 is 16.0 Å². The molecular formula is C12H19NO5S2. The van der Waals surface area contributed by atoms with Crippen molar-refractivity contribution in [1.82, 2.24) is 4.72 Å². The fourth-order valence-corrected chi connectivity index (χ4v) is 3.93. The number of carbonyl (C=O) groups is 1. The van der Waals surface area contributed by atoms with Crippen molar-refractivity contribution >= 4 is 27.3 Å². The Morgan fingerprint density at radius 3 is 2.60 bits per heavy atom. The average molecular weight is 321 g/mol. The fourth-order valence-electron chi connectivity index (χ4n) is 1.45. The summed E-state index contributed by atoms with van der Waals surface area (Å²) in [5, 5.41) is 10.1. The maximum atomic E-state index is 12.2. The summed E-state index contributed by atoms with van der Waals surface area (Å²) >= 11 is 0.888. The van der Waals surface area contributed by atoms with Gasteiger partial charge in [-0.1, -0.05) is 13.8 Å². The molecule has 114 valence electrons. The van der Waals surface area contributed by atoms with E-state index in [9.17, 15) is 13.2 Å². The second kappa shape index (κ2) is 7.16. The molecule has 0 radical (unpaired) electrons. The molecule has 6 nitrogen and oxygen atoms in total. The van der Waals surface area contributed by atoms with E-state index in [0.717, 1.165) is 17.4 Å². The van der Waals surface area contributed by atoms with Gasteiger partial charge in [-0.3, -0.25) is 0 Å². The van der Waals surface area contributed by atoms with E-state index in [-0.39, 0.29) is 28.3 Å². The van der Waals surface area contributed by atoms with Gasteiger partial charge in [0.15, 0.2) is 0 Å². The van der Waals surface area contributed by atoms with Gasteiger partial charge in [0.1, 0.15) is 4.88 Å². The van der Waals surface area contributed by atoms with Gasteiger partial charge in [-0.05, 0) is 18.9 Å². The Morgan fingerprint density at radius 1 is 1.50 bits per heavy atom. The minimum Gasteiger partial charge on any atom is -0.477 e. The van der Waals surface area contributed by atoms with Gasteiger partial charge in [-0.25, -0.2) is 17.9 Å². The zero-order valence-electron chi connectivity index (χ0n) is 11.6. The van der Waals surface area contributed by atoms with E-state index in [1.807, 2.05) is 20.8 Å². The topological polar surface area (TPSA) is 92.7 Å². The quantitative estimate of drug-likeness (QED) is 0.761. The molecule has 0 bridgehead atoms. The first kappa shape index (κ1) is 17.1. The lowest BCUT2D eigenvalue weighted by Gasteiger charge is -2.21. The highest BCUT2D eigenvalue weighted by atomic mass is 32.2. The van der Waals surface area contributed by atoms with Crippen molar-refractivity contribution < 1.29 is 23.1 Å². The molecule has 1 aromatic rings. The van der Waals surface area contributed by atoms with Crippen molar-refractivity contribution in [2.45, 2.75) is 31.7 Å². The van der Waals surface area contributed by atoms with Crippen LogP contribution in [-0.2, 0) is 14.8 Å². The van der Waals surface area contributed by atoms with E-state index in [1.165, 1.54) is 5.38 Å². The molecule has 20 heavy (non-hydrogen) atoms. The largest absolute Gasteiger partial charge is 0.477 e. The predicted molar refractivity (Wildman–Crippen MR) is 76.7 cm³/mol. The summed E-state index contributed by atoms with van der Waals surface area (Å²) in [4.78, 5) is 10.8. The summed E-state index contributed by atoms with van der Waals surface area (Å²) in [6.45, 7) is 6.41. The van der Waals surface area contributed by atoms with Crippen LogP contribution in [0.1, 0.15) is 30.4 Å². The minimum absolute atomic E-state index is 0.00344. The maximum absolute atomic E-state index is 12.2. The van der Waals surface area contributed by atoms with Gasteiger partial charge in [0.25, 0.3) is 0 Å². The highest BCUT2D eigenvalue weighted by molar-refractivity contribution is 7.89. The van der Waals surface area contributed by atoms with E-state index in [4.69, 9.17) is 9.84 Å². The second-order valence-corrected chi connectivity index (χ2v) is 7.21. The Morgan fingerprint density at radius 2 is 2.15 bits per heavy atom. The van der Waals surface area contributed by atoms with Crippen LogP contribution in [0.4, 0.5) is 0 Å². The lowest BCUT2D eigenvalue weighted by atomic mass is 10.1. The Balaban J connectivity index is 2.88. The number of rotatable bonds is 8. The summed E-state index contributed by atoms with van der Waals surface area (Å²) in [5.41, 5.74) is 0. The molecule has 1 rings (SSSR count). The van der Waals surface area contributed by atoms with Crippen LogP contribution in [0.25, 0.3) is 0 Å². The number of thiophene rings is 1. The van der Waals surface area contributed by atoms with Crippen molar-refractivity contribution in [3.05, 3.63) is 16.3 Å². The van der Waals surface area contributed by atoms with Gasteiger partial charge in [-0.2, -0.15) is 0 Å². The molecule has 1 aromatic heterocycles. The standard InChI is InChI=1S/C12H19NO5S2/c1-4-18-6-10(8(2)3)13-20(16,17)9-5-11(12(14)15)19-7-9/h5,7-8,10,13H,4,6H2,1-3H3,(H,14,15). The first-order valence-electron chi connectivity index (χ1n) is 6.19. The van der Waals surface area contributed by atoms with Crippen LogP contribution in [-0.4, -0.2) is 38.7 Å². The van der Waals surface area contributed by atoms with Crippen LogP contribution in [0, 0.1) is 5.92 Å². The first-order valence-corrected chi connectivity index (χ1v) is 8.56. The molecule has 1 unspecified atom stereocenters. The van der Waals surface area contributed by atoms with Crippen molar-refractivity contribution in [2.75, 3.05) is 13.2 Å². The van der Waals surface area contributed by atoms with Gasteiger partial charge >= 0.3 is 5.97 Å². The molecule has 0 aliphatic rings. The highest BCUT2D eigenvalue weighted by Gasteiger charge is 2.24. The Labute approximate surface area is 122 Å². The summed E-state index contributed by atoms with van der Waals surface area (Å²) in [5.74, 6) is -1.07. The summed E-state index contributed by atoms with van der Waals surface area (Å²) in [7, 11) is -3.73. The van der Waals surface area contributed by atoms with Crippen LogP contribution < -0.4 is 4.72 Å². The zero-order valence-corrected chi connectivity index (χ0v) is 13.3. The van der Waals surface area contributed by atoms with Gasteiger partial charge in [0, 0.05) is 18.0 Å². The predicted octanol–water partition coefficient (Wildman–Crippen LogP) is 1.79. The molecule has 0 saturated heterocycles. The zero-order chi connectivity index (χ0) is 15.3. The van der Waals surface area contributed by atoms with E-state index in [1.54, 1.807) is 0 Å². The molecule has 1 atom stereocenters. The number of carboxylic acid groups (broad SMARTS) is 1. The van der Waals surface area contributed by atoms with Crippen molar-refractivity contribution in [2.24, 2.45) is 5.92 Å². The first-order chi connectivity index (χ1) is 9.27. The molecule has 8 heteroatoms. The van der Waals surface area contributed by atoms with Crippen LogP contribution in [0.3, 0.4) is 0 Å². The number of sulfonamides is 1. The van der Waals surface area contributed by atoms with E-state index in [2.05, 4.69) is 4.72 Å². The normalized spacial score (nSPS) is 13.6. The van der Waals surface area contributed by atoms with Crippen LogP contribution in [0.2, 0.25) is 0 Å². The molecule has 0 aromatic carbocycles. The highest BCUT2D eigenvalue weighted by Crippen LogP contribution is 2.20. The summed E-state index contributed by atoms with van der Waals surface area (Å²) in [6, 6.07) is 0.807. The van der Waals surface area contributed by atoms with E-state index >= 15 is 0 Å². The lowest BCUT2D eigenvalue weighted by Crippen LogP contribution is -2.41. The third-order valence-electron chi connectivity index (χ3n) is 2.71. The molecular weight excluding hydrogens is 302 g/mol. The van der Waals surface area contributed by atoms with E-state index in [0.29, 0.717) is 6.61 Å². The Bertz CT molecular complexity index is 550. The number of hydrogen-bond donors (Lipinski definition) is 2. The lowest BCUT2D eigenvalue weighted by molar-refractivity contribution is 0.0702. The summed E-state index contributed by atoms with van der Waals surface area (Å²) < 4.78 is 32.2. The number of ether oxygens (including phenoxy) is 1. The molecule has 0 aliphatic carbocycles. The Hall–Kier alpha value is -0.960. The molecule has 0 amide bonds. The number of carboxylic acids is 1. The summed E-state index contributed by atoms with van der Waals surface area (Å²) in [6.07, 6.45) is 0. The Kier molecular flexibility index (Phi) is 6.12. The van der Waals surface area contributed by atoms with Crippen LogP contribution >= 0.6 is 11.3 Å². The molecule has 1 heterocycles. The minimum atomic E-state index is -3.73. The molecule has 0 spiro atoms. The number of nitrogens with one attached hydrogen (secondary N) is 1. The van der Waals surface area contributed by atoms with Crippen molar-refractivity contribution in [1.29, 1.82) is 0 Å². The van der Waals surface area contributed by atoms with Gasteiger partial charge in [0.2, 0.25) is 10.0 Å². The molecule has 0 aliphatic heterocycles. The molecule has 0 saturated carbocycles. The number of hydrogen-bond acceptors (Lipinski definition) is 5. The second-order valence-electron chi connectivity index (χ2n) is 4.58. The van der Waals surface area contributed by atoms with Crippen molar-refractivity contribution in [3.8, 4) is 0 Å². The van der Waals surface area contributed by atoms with Gasteiger partial charge in [-0.15, -0.1) is 11.3 Å². The SMILES string of the molecule is CCOCC(NS(=O)(=O)c1csc(C(=O)O)c1)C(C)C. The van der Waals surface area contributed by atoms with Crippen molar-refractivity contribution in [3.63, 3.8) is 0 Å². The van der Waals surface area contributed by atoms with Crippen LogP contribution in [0.15, 0.2) is 16.3 Å². The third-order valence-corrected chi connectivity index (χ3v) is 5.25. The monoisotopic (exact) mass is 321 g/mol. The smallest absolute Gasteiger partial charge is 0.345 e. The maximum Gasteiger partial charge on any atom is 0.345 e.